The van der Waals surface area contributed by atoms with E-state index in [2.05, 4.69) is 52.1 Å². The third-order valence-electron chi connectivity index (χ3n) is 7.81. The molecule has 0 aromatic carbocycles. The number of nitrogens with one attached hydrogen (secondary N) is 1. The molecular weight excluding hydrogens is 386 g/mol. The zero-order chi connectivity index (χ0) is 22.8. The number of amides is 1. The molecule has 0 aromatic rings. The molecule has 4 atom stereocenters. The maximum atomic E-state index is 11.4. The maximum Gasteiger partial charge on any atom is 0.217 e. The number of aliphatic hydroxyl groups excluding tert-OH is 1. The molecule has 1 aliphatic heterocycles. The fourth-order valence-electron chi connectivity index (χ4n) is 5.88. The van der Waals surface area contributed by atoms with Gasteiger partial charge < -0.3 is 15.2 Å². The van der Waals surface area contributed by atoms with Crippen molar-refractivity contribution in [3.05, 3.63) is 35.1 Å². The molecule has 3 rings (SSSR count). The van der Waals surface area contributed by atoms with Crippen molar-refractivity contribution >= 4 is 5.91 Å². The number of fused-ring (bicyclic) bond motifs is 3. The summed E-state index contributed by atoms with van der Waals surface area (Å²) >= 11 is 0. The minimum atomic E-state index is -0.244. The van der Waals surface area contributed by atoms with Gasteiger partial charge in [-0.15, -0.1) is 0 Å². The lowest BCUT2D eigenvalue weighted by Crippen LogP contribution is -2.55. The highest BCUT2D eigenvalue weighted by molar-refractivity contribution is 5.73. The molecule has 1 saturated heterocycles. The molecule has 0 radical (unpaired) electrons. The molecule has 1 heterocycles. The van der Waals surface area contributed by atoms with Crippen molar-refractivity contribution in [1.82, 2.24) is 5.32 Å². The summed E-state index contributed by atoms with van der Waals surface area (Å²) in [7, 11) is 0. The van der Waals surface area contributed by atoms with Crippen LogP contribution in [0.15, 0.2) is 35.1 Å². The van der Waals surface area contributed by atoms with Gasteiger partial charge >= 0.3 is 0 Å². The van der Waals surface area contributed by atoms with Gasteiger partial charge in [0.2, 0.25) is 5.91 Å². The lowest BCUT2D eigenvalue weighted by atomic mass is 9.61. The van der Waals surface area contributed by atoms with Crippen molar-refractivity contribution in [2.75, 3.05) is 6.54 Å². The van der Waals surface area contributed by atoms with Gasteiger partial charge in [-0.1, -0.05) is 64.2 Å². The number of allylic oxidation sites excluding steroid dienone is 3. The predicted molar refractivity (Wildman–Crippen MR) is 127 cm³/mol. The van der Waals surface area contributed by atoms with Crippen LogP contribution in [0.25, 0.3) is 0 Å². The lowest BCUT2D eigenvalue weighted by molar-refractivity contribution is -0.177. The van der Waals surface area contributed by atoms with Crippen molar-refractivity contribution in [3.63, 3.8) is 0 Å². The first-order chi connectivity index (χ1) is 14.5. The zero-order valence-electron chi connectivity index (χ0n) is 20.5. The molecule has 3 unspecified atom stereocenters. The van der Waals surface area contributed by atoms with Crippen LogP contribution in [0.1, 0.15) is 86.5 Å². The number of ether oxygens (including phenoxy) is 1. The van der Waals surface area contributed by atoms with Crippen LogP contribution in [0.3, 0.4) is 0 Å². The Hall–Kier alpha value is -1.55. The standard InChI is InChI=1S/C27H43NO3/c1-7-8-9-10-13-26(3,4)20-15-23(30)25-21-14-19(17-28-18(2)29)11-12-22(21)27(5,6)31-24(25)16-20/h11,15-16,21-22,24-25,30H,7-10,12-14,17H2,1-6H3,(H,28,29)/t21?,22?,24?,25-/m1/s1. The molecule has 4 heteroatoms. The van der Waals surface area contributed by atoms with Gasteiger partial charge in [-0.25, -0.2) is 0 Å². The number of aliphatic hydroxyl groups is 1. The van der Waals surface area contributed by atoms with E-state index in [0.717, 1.165) is 19.3 Å². The van der Waals surface area contributed by atoms with Crippen molar-refractivity contribution in [1.29, 1.82) is 0 Å². The largest absolute Gasteiger partial charge is 0.512 e. The van der Waals surface area contributed by atoms with E-state index < -0.39 is 0 Å². The molecule has 2 N–H and O–H groups in total. The Morgan fingerprint density at radius 1 is 1.29 bits per heavy atom. The molecule has 3 aliphatic rings. The monoisotopic (exact) mass is 429 g/mol. The second-order valence-electron chi connectivity index (χ2n) is 11.1. The lowest BCUT2D eigenvalue weighted by Gasteiger charge is -2.53. The zero-order valence-corrected chi connectivity index (χ0v) is 20.5. The SMILES string of the molecule is CCCCCCC(C)(C)C1=CC2OC(C)(C)C3CC=C(CNC(C)=O)CC3[C@@H]2C(O)=C1. The van der Waals surface area contributed by atoms with Crippen LogP contribution in [0.5, 0.6) is 0 Å². The topological polar surface area (TPSA) is 58.6 Å². The van der Waals surface area contributed by atoms with Gasteiger partial charge in [0.25, 0.3) is 0 Å². The van der Waals surface area contributed by atoms with Crippen molar-refractivity contribution < 1.29 is 14.6 Å². The molecule has 1 amide bonds. The van der Waals surface area contributed by atoms with Crippen LogP contribution < -0.4 is 5.32 Å². The number of unbranched alkanes of at least 4 members (excludes halogenated alkanes) is 3. The Labute approximate surface area is 189 Å². The van der Waals surface area contributed by atoms with Crippen LogP contribution in [0, 0.1) is 23.2 Å². The fourth-order valence-corrected chi connectivity index (χ4v) is 5.88. The highest BCUT2D eigenvalue weighted by Crippen LogP contribution is 2.53. The van der Waals surface area contributed by atoms with Gasteiger partial charge in [0, 0.05) is 19.4 Å². The second kappa shape index (κ2) is 9.52. The summed E-state index contributed by atoms with van der Waals surface area (Å²) < 4.78 is 6.64. The average molecular weight is 430 g/mol. The molecule has 0 aromatic heterocycles. The smallest absolute Gasteiger partial charge is 0.217 e. The second-order valence-corrected chi connectivity index (χ2v) is 11.1. The number of hydrogen-bond donors (Lipinski definition) is 2. The Bertz CT molecular complexity index is 758. The van der Waals surface area contributed by atoms with Crippen LogP contribution in [0.2, 0.25) is 0 Å². The summed E-state index contributed by atoms with van der Waals surface area (Å²) in [4.78, 5) is 11.4. The van der Waals surface area contributed by atoms with Gasteiger partial charge in [0.1, 0.15) is 0 Å². The minimum absolute atomic E-state index is 0.00121. The Balaban J connectivity index is 1.80. The Kier molecular flexibility index (Phi) is 7.40. The highest BCUT2D eigenvalue weighted by Gasteiger charge is 2.52. The molecule has 31 heavy (non-hydrogen) atoms. The summed E-state index contributed by atoms with van der Waals surface area (Å²) in [5, 5.41) is 14.2. The van der Waals surface area contributed by atoms with Crippen LogP contribution in [-0.4, -0.2) is 29.3 Å². The van der Waals surface area contributed by atoms with Gasteiger partial charge in [0.05, 0.1) is 17.5 Å². The summed E-state index contributed by atoms with van der Waals surface area (Å²) in [6.07, 6.45) is 14.5. The first kappa shape index (κ1) is 24.1. The predicted octanol–water partition coefficient (Wildman–Crippen LogP) is 6.25. The van der Waals surface area contributed by atoms with Gasteiger partial charge in [0.15, 0.2) is 0 Å². The third-order valence-corrected chi connectivity index (χ3v) is 7.81. The number of carbonyl (C=O) groups is 1. The quantitative estimate of drug-likeness (QED) is 0.354. The van der Waals surface area contributed by atoms with E-state index >= 15 is 0 Å². The van der Waals surface area contributed by atoms with E-state index in [1.807, 2.05) is 6.08 Å². The molecule has 0 spiro atoms. The van der Waals surface area contributed by atoms with Gasteiger partial charge in [-0.3, -0.25) is 4.79 Å². The van der Waals surface area contributed by atoms with Crippen molar-refractivity contribution in [2.24, 2.45) is 23.2 Å². The highest BCUT2D eigenvalue weighted by atomic mass is 16.5. The average Bonchev–Trinajstić information content (AvgIpc) is 2.68. The molecule has 4 nitrogen and oxygen atoms in total. The minimum Gasteiger partial charge on any atom is -0.512 e. The van der Waals surface area contributed by atoms with Crippen molar-refractivity contribution in [2.45, 2.75) is 98.2 Å². The van der Waals surface area contributed by atoms with E-state index in [1.54, 1.807) is 6.92 Å². The van der Waals surface area contributed by atoms with Crippen molar-refractivity contribution in [3.8, 4) is 0 Å². The summed E-state index contributed by atoms with van der Waals surface area (Å²) in [6, 6.07) is 0. The molecular formula is C27H43NO3. The number of carbonyl (C=O) groups excluding carboxylic acids is 1. The molecule has 0 saturated carbocycles. The van der Waals surface area contributed by atoms with Crippen LogP contribution in [-0.2, 0) is 9.53 Å². The molecule has 174 valence electrons. The maximum absolute atomic E-state index is 11.4. The van der Waals surface area contributed by atoms with Crippen LogP contribution >= 0.6 is 0 Å². The fraction of sp³-hybridized carbons (Fsp3) is 0.741. The summed E-state index contributed by atoms with van der Waals surface area (Å²) in [6.45, 7) is 13.4. The normalized spacial score (nSPS) is 29.8. The first-order valence-corrected chi connectivity index (χ1v) is 12.3. The van der Waals surface area contributed by atoms with E-state index in [4.69, 9.17) is 4.74 Å². The van der Waals surface area contributed by atoms with Crippen LogP contribution in [0.4, 0.5) is 0 Å². The van der Waals surface area contributed by atoms with E-state index in [9.17, 15) is 9.90 Å². The third kappa shape index (κ3) is 5.45. The summed E-state index contributed by atoms with van der Waals surface area (Å²) in [5.74, 6) is 1.17. The Morgan fingerprint density at radius 3 is 2.71 bits per heavy atom. The number of hydrogen-bond acceptors (Lipinski definition) is 3. The van der Waals surface area contributed by atoms with Gasteiger partial charge in [-0.2, -0.15) is 0 Å². The van der Waals surface area contributed by atoms with E-state index in [-0.39, 0.29) is 28.9 Å². The first-order valence-electron chi connectivity index (χ1n) is 12.3. The number of rotatable bonds is 8. The van der Waals surface area contributed by atoms with E-state index in [1.165, 1.54) is 36.8 Å². The summed E-state index contributed by atoms with van der Waals surface area (Å²) in [5.41, 5.74) is 2.26. The molecule has 0 bridgehead atoms. The Morgan fingerprint density at radius 2 is 2.03 bits per heavy atom. The van der Waals surface area contributed by atoms with E-state index in [0.29, 0.717) is 24.1 Å². The van der Waals surface area contributed by atoms with Gasteiger partial charge in [-0.05, 0) is 62.0 Å². The molecule has 2 aliphatic carbocycles. The molecule has 1 fully saturated rings.